The summed E-state index contributed by atoms with van der Waals surface area (Å²) in [6.45, 7) is 6.68. The fourth-order valence-corrected chi connectivity index (χ4v) is 5.81. The monoisotopic (exact) mass is 569 g/mol. The first-order valence-electron chi connectivity index (χ1n) is 13.4. The van der Waals surface area contributed by atoms with Crippen molar-refractivity contribution in [1.82, 2.24) is 4.57 Å². The van der Waals surface area contributed by atoms with E-state index >= 15 is 0 Å². The number of thiazole rings is 1. The third-order valence-corrected chi connectivity index (χ3v) is 7.57. The molecule has 1 aromatic heterocycles. The fourth-order valence-electron chi connectivity index (χ4n) is 4.76. The van der Waals surface area contributed by atoms with Crippen LogP contribution in [-0.4, -0.2) is 30.8 Å². The molecule has 1 aliphatic rings. The quantitative estimate of drug-likeness (QED) is 0.316. The number of nitrogens with one attached hydrogen (secondary N) is 1. The van der Waals surface area contributed by atoms with Gasteiger partial charge in [0, 0.05) is 5.69 Å². The molecule has 1 N–H and O–H groups in total. The van der Waals surface area contributed by atoms with Gasteiger partial charge < -0.3 is 19.5 Å². The highest BCUT2D eigenvalue weighted by Gasteiger charge is 2.32. The summed E-state index contributed by atoms with van der Waals surface area (Å²) in [5.74, 6) is 1.61. The molecule has 41 heavy (non-hydrogen) atoms. The van der Waals surface area contributed by atoms with Crippen LogP contribution >= 0.6 is 11.3 Å². The highest BCUT2D eigenvalue weighted by Crippen LogP contribution is 2.32. The van der Waals surface area contributed by atoms with E-state index in [0.29, 0.717) is 56.8 Å². The maximum Gasteiger partial charge on any atom is 0.271 e. The Hall–Kier alpha value is -4.63. The molecule has 0 aliphatic carbocycles. The third kappa shape index (κ3) is 5.81. The van der Waals surface area contributed by atoms with Gasteiger partial charge in [-0.2, -0.15) is 0 Å². The smallest absolute Gasteiger partial charge is 0.271 e. The van der Waals surface area contributed by atoms with Crippen molar-refractivity contribution in [2.45, 2.75) is 26.8 Å². The number of ether oxygens (including phenoxy) is 3. The van der Waals surface area contributed by atoms with Crippen LogP contribution in [0.4, 0.5) is 5.69 Å². The highest BCUT2D eigenvalue weighted by atomic mass is 32.1. The van der Waals surface area contributed by atoms with Crippen LogP contribution in [0.25, 0.3) is 6.08 Å². The van der Waals surface area contributed by atoms with Crippen LogP contribution in [0.2, 0.25) is 0 Å². The number of carbonyl (C=O) groups excluding carboxylic acids is 1. The molecule has 0 saturated carbocycles. The van der Waals surface area contributed by atoms with Gasteiger partial charge in [-0.15, -0.1) is 0 Å². The number of para-hydroxylation sites is 1. The number of fused-ring (bicyclic) bond motifs is 1. The predicted octanol–water partition coefficient (Wildman–Crippen LogP) is 4.68. The molecule has 3 aromatic carbocycles. The Morgan fingerprint density at radius 3 is 2.41 bits per heavy atom. The fraction of sp³-hybridized carbons (Fsp3) is 0.219. The van der Waals surface area contributed by atoms with Gasteiger partial charge in [0.15, 0.2) is 16.3 Å². The molecule has 0 fully saturated rings. The van der Waals surface area contributed by atoms with Crippen molar-refractivity contribution in [1.29, 1.82) is 0 Å². The second kappa shape index (κ2) is 12.3. The summed E-state index contributed by atoms with van der Waals surface area (Å²) in [5.41, 5.74) is 2.93. The lowest BCUT2D eigenvalue weighted by Crippen LogP contribution is -2.40. The molecule has 0 saturated heterocycles. The molecule has 1 atom stereocenters. The summed E-state index contributed by atoms with van der Waals surface area (Å²) in [6, 6.07) is 21.6. The molecule has 2 heterocycles. The lowest BCUT2D eigenvalue weighted by molar-refractivity contribution is -0.113. The molecule has 0 radical (unpaired) electrons. The summed E-state index contributed by atoms with van der Waals surface area (Å²) < 4.78 is 18.8. The van der Waals surface area contributed by atoms with E-state index in [9.17, 15) is 9.59 Å². The molecule has 1 amide bonds. The van der Waals surface area contributed by atoms with Crippen LogP contribution in [0.15, 0.2) is 93.9 Å². The Bertz CT molecular complexity index is 1770. The topological polar surface area (TPSA) is 91.2 Å². The van der Waals surface area contributed by atoms with Gasteiger partial charge in [-0.05, 0) is 74.4 Å². The van der Waals surface area contributed by atoms with Crippen molar-refractivity contribution in [3.05, 3.63) is 115 Å². The average molecular weight is 570 g/mol. The molecule has 9 heteroatoms. The highest BCUT2D eigenvalue weighted by molar-refractivity contribution is 7.07. The molecule has 1 aliphatic heterocycles. The zero-order valence-corrected chi connectivity index (χ0v) is 24.2. The Balaban J connectivity index is 1.63. The van der Waals surface area contributed by atoms with Crippen LogP contribution in [-0.2, 0) is 4.79 Å². The number of hydrogen-bond donors (Lipinski definition) is 1. The second-order valence-electron chi connectivity index (χ2n) is 9.25. The number of carbonyl (C=O) groups is 1. The van der Waals surface area contributed by atoms with E-state index in [-0.39, 0.29) is 11.5 Å². The summed E-state index contributed by atoms with van der Waals surface area (Å²) in [6.07, 6.45) is 1.81. The molecule has 8 nitrogen and oxygen atoms in total. The van der Waals surface area contributed by atoms with E-state index in [0.717, 1.165) is 11.1 Å². The number of anilines is 1. The SMILES string of the molecule is CCOc1ccc([C@@H]2C(C(=O)Nc3ccccc3)=C(C)N=c3s/c(=C\c4ccc(OCC)c(OC)c4)c(=O)n32)cc1. The van der Waals surface area contributed by atoms with Crippen molar-refractivity contribution < 1.29 is 19.0 Å². The third-order valence-electron chi connectivity index (χ3n) is 6.59. The molecular formula is C32H31N3O5S. The number of rotatable bonds is 9. The van der Waals surface area contributed by atoms with E-state index in [1.165, 1.54) is 11.3 Å². The predicted molar refractivity (Wildman–Crippen MR) is 161 cm³/mol. The van der Waals surface area contributed by atoms with Crippen LogP contribution in [0, 0.1) is 0 Å². The van der Waals surface area contributed by atoms with Gasteiger partial charge in [0.05, 0.1) is 42.2 Å². The number of allylic oxidation sites excluding steroid dienone is 1. The number of nitrogens with zero attached hydrogens (tertiary/aromatic N) is 2. The summed E-state index contributed by atoms with van der Waals surface area (Å²) in [4.78, 5) is 32.9. The maximum atomic E-state index is 14.0. The second-order valence-corrected chi connectivity index (χ2v) is 10.3. The van der Waals surface area contributed by atoms with E-state index < -0.39 is 6.04 Å². The number of benzene rings is 3. The zero-order valence-electron chi connectivity index (χ0n) is 23.3. The average Bonchev–Trinajstić information content (AvgIpc) is 3.28. The number of aromatic nitrogens is 1. The van der Waals surface area contributed by atoms with Gasteiger partial charge in [-0.1, -0.05) is 47.7 Å². The molecule has 5 rings (SSSR count). The van der Waals surface area contributed by atoms with Gasteiger partial charge in [0.2, 0.25) is 0 Å². The number of hydrogen-bond acceptors (Lipinski definition) is 7. The van der Waals surface area contributed by atoms with Crippen molar-refractivity contribution in [2.75, 3.05) is 25.6 Å². The van der Waals surface area contributed by atoms with Crippen LogP contribution < -0.4 is 34.4 Å². The Morgan fingerprint density at radius 2 is 1.73 bits per heavy atom. The minimum Gasteiger partial charge on any atom is -0.494 e. The van der Waals surface area contributed by atoms with Gasteiger partial charge in [-0.25, -0.2) is 4.99 Å². The zero-order chi connectivity index (χ0) is 28.9. The largest absolute Gasteiger partial charge is 0.494 e. The van der Waals surface area contributed by atoms with Gasteiger partial charge in [0.1, 0.15) is 5.75 Å². The van der Waals surface area contributed by atoms with Crippen LogP contribution in [0.1, 0.15) is 37.9 Å². The lowest BCUT2D eigenvalue weighted by Gasteiger charge is -2.25. The first-order valence-corrected chi connectivity index (χ1v) is 14.2. The number of methoxy groups -OCH3 is 1. The minimum absolute atomic E-state index is 0.238. The van der Waals surface area contributed by atoms with Gasteiger partial charge >= 0.3 is 0 Å². The summed E-state index contributed by atoms with van der Waals surface area (Å²) in [5, 5.41) is 2.97. The molecule has 4 aromatic rings. The Morgan fingerprint density at radius 1 is 1.00 bits per heavy atom. The van der Waals surface area contributed by atoms with E-state index in [1.807, 2.05) is 86.6 Å². The van der Waals surface area contributed by atoms with Crippen LogP contribution in [0.3, 0.4) is 0 Å². The number of amides is 1. The lowest BCUT2D eigenvalue weighted by atomic mass is 9.95. The molecule has 0 unspecified atom stereocenters. The minimum atomic E-state index is -0.678. The van der Waals surface area contributed by atoms with E-state index in [4.69, 9.17) is 19.2 Å². The standard InChI is InChI=1S/C32H31N3O5S/c1-5-39-24-15-13-22(14-16-24)29-28(30(36)34-23-10-8-7-9-11-23)20(3)33-32-35(29)31(37)27(41-32)19-21-12-17-25(40-6-2)26(18-21)38-4/h7-19,29H,5-6H2,1-4H3,(H,34,36)/b27-19-/t29-/m1/s1. The molecule has 210 valence electrons. The first-order chi connectivity index (χ1) is 19.9. The summed E-state index contributed by atoms with van der Waals surface area (Å²) >= 11 is 1.28. The molecular weight excluding hydrogens is 538 g/mol. The van der Waals surface area contributed by atoms with E-state index in [1.54, 1.807) is 24.7 Å². The maximum absolute atomic E-state index is 14.0. The Labute approximate surface area is 241 Å². The summed E-state index contributed by atoms with van der Waals surface area (Å²) in [7, 11) is 1.58. The molecule has 0 bridgehead atoms. The van der Waals surface area contributed by atoms with E-state index in [2.05, 4.69) is 5.32 Å². The van der Waals surface area contributed by atoms with Crippen LogP contribution in [0.5, 0.6) is 17.2 Å². The molecule has 0 spiro atoms. The van der Waals surface area contributed by atoms with Crippen molar-refractivity contribution in [2.24, 2.45) is 4.99 Å². The van der Waals surface area contributed by atoms with Crippen molar-refractivity contribution in [3.8, 4) is 17.2 Å². The van der Waals surface area contributed by atoms with Gasteiger partial charge in [-0.3, -0.25) is 14.2 Å². The first kappa shape index (κ1) is 27.9. The Kier molecular flexibility index (Phi) is 8.35. The van der Waals surface area contributed by atoms with Crippen molar-refractivity contribution >= 4 is 29.0 Å². The van der Waals surface area contributed by atoms with Crippen molar-refractivity contribution in [3.63, 3.8) is 0 Å². The van der Waals surface area contributed by atoms with Gasteiger partial charge in [0.25, 0.3) is 11.5 Å². The normalized spacial score (nSPS) is 14.7.